The summed E-state index contributed by atoms with van der Waals surface area (Å²) in [6.45, 7) is 12.2. The molecule has 0 radical (unpaired) electrons. The second-order valence-electron chi connectivity index (χ2n) is 7.80. The molecule has 0 aromatic carbocycles. The first kappa shape index (κ1) is 15.8. The summed E-state index contributed by atoms with van der Waals surface area (Å²) in [5, 5.41) is 0. The Balaban J connectivity index is 1.30. The Kier molecular flexibility index (Phi) is 5.96. The minimum absolute atomic E-state index is 0.806. The average molecular weight is 294 g/mol. The molecule has 1 aliphatic carbocycles. The van der Waals surface area contributed by atoms with Crippen LogP contribution in [0, 0.1) is 17.8 Å². The molecule has 0 N–H and O–H groups in total. The molecule has 21 heavy (non-hydrogen) atoms. The maximum Gasteiger partial charge on any atom is 0.0507 e. The maximum atomic E-state index is 5.50. The highest BCUT2D eigenvalue weighted by atomic mass is 16.5. The van der Waals surface area contributed by atoms with Gasteiger partial charge in [0, 0.05) is 39.3 Å². The minimum Gasteiger partial charge on any atom is -0.381 e. The van der Waals surface area contributed by atoms with Crippen molar-refractivity contribution in [1.82, 2.24) is 9.80 Å². The van der Waals surface area contributed by atoms with E-state index < -0.39 is 0 Å². The number of ether oxygens (including phenoxy) is 1. The number of rotatable bonds is 5. The Bertz CT molecular complexity index is 296. The van der Waals surface area contributed by atoms with Crippen molar-refractivity contribution in [3.63, 3.8) is 0 Å². The molecule has 2 aliphatic heterocycles. The molecule has 3 aliphatic rings. The third-order valence-electron chi connectivity index (χ3n) is 5.90. The van der Waals surface area contributed by atoms with Gasteiger partial charge >= 0.3 is 0 Å². The predicted octanol–water partition coefficient (Wildman–Crippen LogP) is 2.86. The molecule has 0 unspecified atom stereocenters. The molecule has 3 rings (SSSR count). The van der Waals surface area contributed by atoms with E-state index in [1.807, 2.05) is 0 Å². The summed E-state index contributed by atoms with van der Waals surface area (Å²) in [6, 6.07) is 0. The lowest BCUT2D eigenvalue weighted by molar-refractivity contribution is 0.103. The zero-order valence-electron chi connectivity index (χ0n) is 13.9. The Morgan fingerprint density at radius 2 is 1.76 bits per heavy atom. The van der Waals surface area contributed by atoms with Gasteiger partial charge in [-0.1, -0.05) is 26.2 Å². The molecule has 2 heterocycles. The van der Waals surface area contributed by atoms with E-state index in [1.54, 1.807) is 0 Å². The van der Waals surface area contributed by atoms with Crippen LogP contribution in [0.3, 0.4) is 0 Å². The van der Waals surface area contributed by atoms with Crippen LogP contribution in [0.15, 0.2) is 0 Å². The standard InChI is InChI=1S/C18H34N2O/c1-16-3-2-4-17(13-16)5-7-19-8-10-20(11-9-19)14-18-6-12-21-15-18/h16-18H,2-15H2,1H3/t16-,17-,18+/m1/s1. The molecule has 2 saturated heterocycles. The van der Waals surface area contributed by atoms with Gasteiger partial charge in [-0.15, -0.1) is 0 Å². The fourth-order valence-corrected chi connectivity index (χ4v) is 4.48. The van der Waals surface area contributed by atoms with Gasteiger partial charge in [-0.3, -0.25) is 0 Å². The first-order valence-electron chi connectivity index (χ1n) is 9.32. The molecular formula is C18H34N2O. The van der Waals surface area contributed by atoms with Crippen molar-refractivity contribution in [1.29, 1.82) is 0 Å². The Hall–Kier alpha value is -0.120. The molecule has 3 nitrogen and oxygen atoms in total. The Morgan fingerprint density at radius 3 is 2.48 bits per heavy atom. The summed E-state index contributed by atoms with van der Waals surface area (Å²) < 4.78 is 5.50. The Labute approximate surface area is 131 Å². The van der Waals surface area contributed by atoms with Crippen LogP contribution >= 0.6 is 0 Å². The number of nitrogens with zero attached hydrogens (tertiary/aromatic N) is 2. The van der Waals surface area contributed by atoms with E-state index in [4.69, 9.17) is 4.74 Å². The summed E-state index contributed by atoms with van der Waals surface area (Å²) >= 11 is 0. The largest absolute Gasteiger partial charge is 0.381 e. The molecule has 1 saturated carbocycles. The third-order valence-corrected chi connectivity index (χ3v) is 5.90. The van der Waals surface area contributed by atoms with Gasteiger partial charge in [0.2, 0.25) is 0 Å². The van der Waals surface area contributed by atoms with Gasteiger partial charge in [0.15, 0.2) is 0 Å². The highest BCUT2D eigenvalue weighted by Gasteiger charge is 2.24. The summed E-state index contributed by atoms with van der Waals surface area (Å²) in [4.78, 5) is 5.37. The second kappa shape index (κ2) is 7.94. The smallest absolute Gasteiger partial charge is 0.0507 e. The van der Waals surface area contributed by atoms with Gasteiger partial charge in [-0.2, -0.15) is 0 Å². The fourth-order valence-electron chi connectivity index (χ4n) is 4.48. The fraction of sp³-hybridized carbons (Fsp3) is 1.00. The first-order valence-corrected chi connectivity index (χ1v) is 9.32. The SMILES string of the molecule is C[C@@H]1CCC[C@H](CCN2CCN(C[C@@H]3CCOC3)CC2)C1. The normalized spacial score (nSPS) is 36.1. The van der Waals surface area contributed by atoms with E-state index in [2.05, 4.69) is 16.7 Å². The number of hydrogen-bond acceptors (Lipinski definition) is 3. The number of piperazine rings is 1. The van der Waals surface area contributed by atoms with Crippen LogP contribution in [-0.2, 0) is 4.74 Å². The zero-order valence-corrected chi connectivity index (χ0v) is 13.9. The summed E-state index contributed by atoms with van der Waals surface area (Å²) in [6.07, 6.45) is 8.65. The molecule has 3 atom stereocenters. The van der Waals surface area contributed by atoms with Gasteiger partial charge in [-0.25, -0.2) is 0 Å². The van der Waals surface area contributed by atoms with E-state index in [0.29, 0.717) is 0 Å². The van der Waals surface area contributed by atoms with Crippen LogP contribution in [0.1, 0.15) is 45.4 Å². The summed E-state index contributed by atoms with van der Waals surface area (Å²) in [7, 11) is 0. The lowest BCUT2D eigenvalue weighted by Gasteiger charge is -2.37. The lowest BCUT2D eigenvalue weighted by Crippen LogP contribution is -2.48. The highest BCUT2D eigenvalue weighted by Crippen LogP contribution is 2.30. The summed E-state index contributed by atoms with van der Waals surface area (Å²) in [5.74, 6) is 2.80. The van der Waals surface area contributed by atoms with E-state index >= 15 is 0 Å². The van der Waals surface area contributed by atoms with Gasteiger partial charge in [0.1, 0.15) is 0 Å². The predicted molar refractivity (Wildman–Crippen MR) is 87.5 cm³/mol. The van der Waals surface area contributed by atoms with Crippen LogP contribution < -0.4 is 0 Å². The van der Waals surface area contributed by atoms with Crippen molar-refractivity contribution in [2.45, 2.75) is 45.4 Å². The van der Waals surface area contributed by atoms with E-state index in [0.717, 1.165) is 31.0 Å². The minimum atomic E-state index is 0.806. The lowest BCUT2D eigenvalue weighted by atomic mass is 9.81. The van der Waals surface area contributed by atoms with Crippen LogP contribution in [-0.4, -0.2) is 62.3 Å². The number of hydrogen-bond donors (Lipinski definition) is 0. The van der Waals surface area contributed by atoms with Crippen LogP contribution in [0.2, 0.25) is 0 Å². The molecule has 3 fully saturated rings. The quantitative estimate of drug-likeness (QED) is 0.775. The molecule has 0 spiro atoms. The second-order valence-corrected chi connectivity index (χ2v) is 7.80. The van der Waals surface area contributed by atoms with Gasteiger partial charge in [-0.05, 0) is 43.6 Å². The van der Waals surface area contributed by atoms with E-state index in [1.165, 1.54) is 77.8 Å². The van der Waals surface area contributed by atoms with E-state index in [9.17, 15) is 0 Å². The molecule has 0 aromatic heterocycles. The van der Waals surface area contributed by atoms with Crippen molar-refractivity contribution in [2.75, 3.05) is 52.5 Å². The highest BCUT2D eigenvalue weighted by molar-refractivity contribution is 4.78. The molecule has 0 aromatic rings. The zero-order chi connectivity index (χ0) is 14.5. The van der Waals surface area contributed by atoms with Crippen molar-refractivity contribution < 1.29 is 4.74 Å². The molecule has 122 valence electrons. The molecule has 0 bridgehead atoms. The van der Waals surface area contributed by atoms with Crippen molar-refractivity contribution in [3.8, 4) is 0 Å². The average Bonchev–Trinajstić information content (AvgIpc) is 3.00. The first-order chi connectivity index (χ1) is 10.3. The third kappa shape index (κ3) is 4.94. The van der Waals surface area contributed by atoms with Crippen molar-refractivity contribution in [3.05, 3.63) is 0 Å². The van der Waals surface area contributed by atoms with E-state index in [-0.39, 0.29) is 0 Å². The molecule has 3 heteroatoms. The topological polar surface area (TPSA) is 15.7 Å². The van der Waals surface area contributed by atoms with Gasteiger partial charge < -0.3 is 14.5 Å². The monoisotopic (exact) mass is 294 g/mol. The van der Waals surface area contributed by atoms with Crippen molar-refractivity contribution >= 4 is 0 Å². The van der Waals surface area contributed by atoms with Crippen LogP contribution in [0.25, 0.3) is 0 Å². The molecular weight excluding hydrogens is 260 g/mol. The van der Waals surface area contributed by atoms with Crippen molar-refractivity contribution in [2.24, 2.45) is 17.8 Å². The van der Waals surface area contributed by atoms with Crippen LogP contribution in [0.5, 0.6) is 0 Å². The summed E-state index contributed by atoms with van der Waals surface area (Å²) in [5.41, 5.74) is 0. The van der Waals surface area contributed by atoms with Gasteiger partial charge in [0.05, 0.1) is 6.61 Å². The molecule has 0 amide bonds. The van der Waals surface area contributed by atoms with Gasteiger partial charge in [0.25, 0.3) is 0 Å². The van der Waals surface area contributed by atoms with Crippen LogP contribution in [0.4, 0.5) is 0 Å². The Morgan fingerprint density at radius 1 is 0.952 bits per heavy atom. The maximum absolute atomic E-state index is 5.50.